The smallest absolute Gasteiger partial charge is 0.341 e. The number of phenols is 2. The molecule has 2 aromatic carbocycles. The van der Waals surface area contributed by atoms with Crippen LogP contribution in [0.4, 0.5) is 0 Å². The van der Waals surface area contributed by atoms with Gasteiger partial charge in [0.1, 0.15) is 11.3 Å². The van der Waals surface area contributed by atoms with Gasteiger partial charge in [0.2, 0.25) is 0 Å². The summed E-state index contributed by atoms with van der Waals surface area (Å²) in [6.45, 7) is 0. The van der Waals surface area contributed by atoms with E-state index in [2.05, 4.69) is 14.9 Å². The Morgan fingerprint density at radius 2 is 1.54 bits per heavy atom. The van der Waals surface area contributed by atoms with E-state index in [1.54, 1.807) is 18.2 Å². The number of carbonyl (C=O) groups excluding carboxylic acids is 1. The Morgan fingerprint density at radius 3 is 2.12 bits per heavy atom. The fourth-order valence-electron chi connectivity index (χ4n) is 1.88. The average molecular weight is 328 g/mol. The molecule has 0 saturated carbocycles. The standard InChI is InChI=1S/C17H16N2O5/c1-23-16-8-12(4-6-15(16)21)10-19-18-9-11-3-5-14(20)13(7-11)17(22)24-2/h3-10,20-21H,1-2H3/b18-9+,19-10+. The number of hydrogen-bond donors (Lipinski definition) is 2. The van der Waals surface area contributed by atoms with Crippen LogP contribution in [0.2, 0.25) is 0 Å². The normalized spacial score (nSPS) is 11.1. The molecule has 7 heteroatoms. The van der Waals surface area contributed by atoms with Crippen LogP contribution in [-0.4, -0.2) is 42.8 Å². The van der Waals surface area contributed by atoms with Gasteiger partial charge in [-0.2, -0.15) is 10.2 Å². The first kappa shape index (κ1) is 17.0. The van der Waals surface area contributed by atoms with E-state index >= 15 is 0 Å². The number of esters is 1. The molecule has 0 spiro atoms. The molecule has 2 rings (SSSR count). The first-order valence-corrected chi connectivity index (χ1v) is 6.90. The lowest BCUT2D eigenvalue weighted by molar-refractivity contribution is 0.0597. The molecule has 0 fully saturated rings. The molecule has 0 saturated heterocycles. The van der Waals surface area contributed by atoms with E-state index < -0.39 is 5.97 Å². The van der Waals surface area contributed by atoms with E-state index in [0.717, 1.165) is 0 Å². The number of nitrogens with zero attached hydrogens (tertiary/aromatic N) is 2. The zero-order chi connectivity index (χ0) is 17.5. The summed E-state index contributed by atoms with van der Waals surface area (Å²) < 4.78 is 9.58. The van der Waals surface area contributed by atoms with Crippen LogP contribution < -0.4 is 4.74 Å². The SMILES string of the molecule is COC(=O)c1cc(/C=N/N=C/c2ccc(O)c(OC)c2)ccc1O. The summed E-state index contributed by atoms with van der Waals surface area (Å²) in [5.41, 5.74) is 1.32. The summed E-state index contributed by atoms with van der Waals surface area (Å²) in [5, 5.41) is 26.9. The topological polar surface area (TPSA) is 101 Å². The van der Waals surface area contributed by atoms with Crippen LogP contribution in [0.3, 0.4) is 0 Å². The van der Waals surface area contributed by atoms with Crippen molar-refractivity contribution in [3.05, 3.63) is 53.1 Å². The van der Waals surface area contributed by atoms with Crippen molar-refractivity contribution in [2.45, 2.75) is 0 Å². The molecule has 7 nitrogen and oxygen atoms in total. The monoisotopic (exact) mass is 328 g/mol. The Morgan fingerprint density at radius 1 is 0.958 bits per heavy atom. The van der Waals surface area contributed by atoms with Gasteiger partial charge in [0.05, 0.1) is 26.6 Å². The highest BCUT2D eigenvalue weighted by Crippen LogP contribution is 2.25. The van der Waals surface area contributed by atoms with Crippen LogP contribution in [0.1, 0.15) is 21.5 Å². The Labute approximate surface area is 138 Å². The summed E-state index contributed by atoms with van der Waals surface area (Å²) in [7, 11) is 2.69. The summed E-state index contributed by atoms with van der Waals surface area (Å²) in [5.74, 6) is -0.428. The molecule has 2 aromatic rings. The van der Waals surface area contributed by atoms with E-state index in [0.29, 0.717) is 16.9 Å². The van der Waals surface area contributed by atoms with Gasteiger partial charge in [-0.1, -0.05) is 0 Å². The molecular weight excluding hydrogens is 312 g/mol. The number of benzene rings is 2. The predicted octanol–water partition coefficient (Wildman–Crippen LogP) is 2.35. The molecule has 0 amide bonds. The van der Waals surface area contributed by atoms with Gasteiger partial charge in [0.15, 0.2) is 11.5 Å². The first-order chi connectivity index (χ1) is 11.5. The minimum Gasteiger partial charge on any atom is -0.507 e. The molecule has 124 valence electrons. The van der Waals surface area contributed by atoms with E-state index in [4.69, 9.17) is 4.74 Å². The maximum atomic E-state index is 11.5. The third-order valence-corrected chi connectivity index (χ3v) is 3.11. The molecule has 2 N–H and O–H groups in total. The molecule has 0 aliphatic carbocycles. The maximum Gasteiger partial charge on any atom is 0.341 e. The molecule has 0 unspecified atom stereocenters. The number of carbonyl (C=O) groups is 1. The van der Waals surface area contributed by atoms with Gasteiger partial charge < -0.3 is 19.7 Å². The molecule has 0 aliphatic rings. The van der Waals surface area contributed by atoms with Gasteiger partial charge in [0.25, 0.3) is 0 Å². The van der Waals surface area contributed by atoms with Gasteiger partial charge in [-0.3, -0.25) is 0 Å². The predicted molar refractivity (Wildman–Crippen MR) is 89.3 cm³/mol. The lowest BCUT2D eigenvalue weighted by atomic mass is 10.1. The molecule has 24 heavy (non-hydrogen) atoms. The number of methoxy groups -OCH3 is 2. The van der Waals surface area contributed by atoms with Crippen molar-refractivity contribution in [3.63, 3.8) is 0 Å². The van der Waals surface area contributed by atoms with Gasteiger partial charge >= 0.3 is 5.97 Å². The van der Waals surface area contributed by atoms with Gasteiger partial charge in [0, 0.05) is 0 Å². The minimum absolute atomic E-state index is 0.0394. The average Bonchev–Trinajstić information content (AvgIpc) is 2.60. The Bertz CT molecular complexity index is 800. The molecule has 0 atom stereocenters. The molecule has 0 radical (unpaired) electrons. The Balaban J connectivity index is 2.13. The molecule has 0 heterocycles. The number of aromatic hydroxyl groups is 2. The summed E-state index contributed by atoms with van der Waals surface area (Å²) in [6, 6.07) is 9.18. The van der Waals surface area contributed by atoms with Crippen LogP contribution in [0.15, 0.2) is 46.6 Å². The van der Waals surface area contributed by atoms with Crippen LogP contribution in [0.25, 0.3) is 0 Å². The van der Waals surface area contributed by atoms with Crippen molar-refractivity contribution < 1.29 is 24.5 Å². The quantitative estimate of drug-likeness (QED) is 0.498. The number of hydrogen-bond acceptors (Lipinski definition) is 7. The van der Waals surface area contributed by atoms with Gasteiger partial charge in [-0.05, 0) is 47.5 Å². The van der Waals surface area contributed by atoms with Crippen LogP contribution in [0, 0.1) is 0 Å². The van der Waals surface area contributed by atoms with Crippen molar-refractivity contribution in [2.24, 2.45) is 10.2 Å². The number of rotatable bonds is 5. The largest absolute Gasteiger partial charge is 0.507 e. The van der Waals surface area contributed by atoms with E-state index in [9.17, 15) is 15.0 Å². The second kappa shape index (κ2) is 7.77. The molecule has 0 bridgehead atoms. The van der Waals surface area contributed by atoms with Crippen molar-refractivity contribution >= 4 is 18.4 Å². The fourth-order valence-corrected chi connectivity index (χ4v) is 1.88. The van der Waals surface area contributed by atoms with Crippen molar-refractivity contribution in [1.82, 2.24) is 0 Å². The number of ether oxygens (including phenoxy) is 2. The van der Waals surface area contributed by atoms with Crippen LogP contribution >= 0.6 is 0 Å². The second-order valence-corrected chi connectivity index (χ2v) is 4.69. The minimum atomic E-state index is -0.637. The highest BCUT2D eigenvalue weighted by Gasteiger charge is 2.11. The van der Waals surface area contributed by atoms with Crippen LogP contribution in [0.5, 0.6) is 17.2 Å². The zero-order valence-electron chi connectivity index (χ0n) is 13.1. The van der Waals surface area contributed by atoms with Gasteiger partial charge in [-0.25, -0.2) is 4.79 Å². The van der Waals surface area contributed by atoms with Crippen LogP contribution in [-0.2, 0) is 4.74 Å². The van der Waals surface area contributed by atoms with E-state index in [1.807, 2.05) is 0 Å². The fraction of sp³-hybridized carbons (Fsp3) is 0.118. The van der Waals surface area contributed by atoms with E-state index in [-0.39, 0.29) is 17.1 Å². The molecule has 0 aromatic heterocycles. The van der Waals surface area contributed by atoms with Gasteiger partial charge in [-0.15, -0.1) is 0 Å². The molecule has 0 aliphatic heterocycles. The number of phenolic OH excluding ortho intramolecular Hbond substituents is 2. The van der Waals surface area contributed by atoms with Crippen molar-refractivity contribution in [1.29, 1.82) is 0 Å². The van der Waals surface area contributed by atoms with E-state index in [1.165, 1.54) is 44.8 Å². The zero-order valence-corrected chi connectivity index (χ0v) is 13.1. The summed E-state index contributed by atoms with van der Waals surface area (Å²) in [4.78, 5) is 11.5. The third-order valence-electron chi connectivity index (χ3n) is 3.11. The van der Waals surface area contributed by atoms with Crippen molar-refractivity contribution in [3.8, 4) is 17.2 Å². The first-order valence-electron chi connectivity index (χ1n) is 6.90. The maximum absolute atomic E-state index is 11.5. The van der Waals surface area contributed by atoms with Crippen molar-refractivity contribution in [2.75, 3.05) is 14.2 Å². The molecular formula is C17H16N2O5. The Kier molecular flexibility index (Phi) is 5.51. The second-order valence-electron chi connectivity index (χ2n) is 4.69. The summed E-state index contributed by atoms with van der Waals surface area (Å²) in [6.07, 6.45) is 2.92. The summed E-state index contributed by atoms with van der Waals surface area (Å²) >= 11 is 0. The lowest BCUT2D eigenvalue weighted by Gasteiger charge is -2.03. The highest BCUT2D eigenvalue weighted by molar-refractivity contribution is 5.95. The Hall–Kier alpha value is -3.35. The third kappa shape index (κ3) is 4.10. The highest BCUT2D eigenvalue weighted by atomic mass is 16.5. The lowest BCUT2D eigenvalue weighted by Crippen LogP contribution is -2.02.